The Morgan fingerprint density at radius 2 is 2.15 bits per heavy atom. The van der Waals surface area contributed by atoms with Crippen LogP contribution >= 0.6 is 0 Å². The van der Waals surface area contributed by atoms with E-state index in [-0.39, 0.29) is 0 Å². The lowest BCUT2D eigenvalue weighted by molar-refractivity contribution is 0.949. The third-order valence-electron chi connectivity index (χ3n) is 2.71. The van der Waals surface area contributed by atoms with Crippen LogP contribution in [0.3, 0.4) is 0 Å². The number of aromatic nitrogens is 1. The Kier molecular flexibility index (Phi) is 1.30. The van der Waals surface area contributed by atoms with E-state index in [0.717, 1.165) is 6.54 Å². The highest BCUT2D eigenvalue weighted by Gasteiger charge is 2.25. The summed E-state index contributed by atoms with van der Waals surface area (Å²) in [5, 5.41) is 4.73. The van der Waals surface area contributed by atoms with E-state index in [0.29, 0.717) is 6.04 Å². The standard InChI is InChI=1S/C11H12N2/c1-13-7-9(10-6-12-10)8-4-2-3-5-11(8)13/h2-5,7,10,12H,6H2,1H3. The molecule has 0 aliphatic carbocycles. The van der Waals surface area contributed by atoms with Crippen LogP contribution in [0.2, 0.25) is 0 Å². The highest BCUT2D eigenvalue weighted by atomic mass is 15.1. The second-order valence-electron chi connectivity index (χ2n) is 3.67. The first-order valence-electron chi connectivity index (χ1n) is 4.63. The van der Waals surface area contributed by atoms with Gasteiger partial charge in [-0.05, 0) is 11.6 Å². The Labute approximate surface area is 77.2 Å². The summed E-state index contributed by atoms with van der Waals surface area (Å²) < 4.78 is 2.20. The molecule has 1 aliphatic rings. The molecule has 0 bridgehead atoms. The molecular weight excluding hydrogens is 160 g/mol. The Bertz CT molecular complexity index is 452. The van der Waals surface area contributed by atoms with Crippen molar-refractivity contribution in [2.24, 2.45) is 7.05 Å². The van der Waals surface area contributed by atoms with E-state index in [1.54, 1.807) is 0 Å². The number of fused-ring (bicyclic) bond motifs is 1. The summed E-state index contributed by atoms with van der Waals surface area (Å²) in [5.41, 5.74) is 2.77. The number of hydrogen-bond donors (Lipinski definition) is 1. The van der Waals surface area contributed by atoms with E-state index in [1.165, 1.54) is 16.5 Å². The van der Waals surface area contributed by atoms with Crippen LogP contribution in [0, 0.1) is 0 Å². The summed E-state index contributed by atoms with van der Waals surface area (Å²) in [6.45, 7) is 1.13. The molecule has 1 aromatic heterocycles. The molecule has 0 radical (unpaired) electrons. The number of para-hydroxylation sites is 1. The topological polar surface area (TPSA) is 26.9 Å². The molecule has 1 fully saturated rings. The summed E-state index contributed by atoms with van der Waals surface area (Å²) >= 11 is 0. The fourth-order valence-corrected chi connectivity index (χ4v) is 1.93. The molecule has 3 rings (SSSR count). The third kappa shape index (κ3) is 0.988. The van der Waals surface area contributed by atoms with Crippen LogP contribution in [0.5, 0.6) is 0 Å². The van der Waals surface area contributed by atoms with Crippen molar-refractivity contribution in [1.82, 2.24) is 9.88 Å². The van der Waals surface area contributed by atoms with E-state index in [9.17, 15) is 0 Å². The molecule has 0 spiro atoms. The average Bonchev–Trinajstić information content (AvgIpc) is 2.94. The van der Waals surface area contributed by atoms with E-state index in [2.05, 4.69) is 47.4 Å². The van der Waals surface area contributed by atoms with Gasteiger partial charge in [-0.15, -0.1) is 0 Å². The molecule has 0 amide bonds. The smallest absolute Gasteiger partial charge is 0.0481 e. The van der Waals surface area contributed by atoms with E-state index in [4.69, 9.17) is 0 Å². The molecule has 1 unspecified atom stereocenters. The van der Waals surface area contributed by atoms with Crippen molar-refractivity contribution in [1.29, 1.82) is 0 Å². The van der Waals surface area contributed by atoms with Crippen LogP contribution in [0.25, 0.3) is 10.9 Å². The lowest BCUT2D eigenvalue weighted by atomic mass is 10.1. The zero-order valence-electron chi connectivity index (χ0n) is 7.62. The fraction of sp³-hybridized carbons (Fsp3) is 0.273. The zero-order chi connectivity index (χ0) is 8.84. The summed E-state index contributed by atoms with van der Waals surface area (Å²) in [6.07, 6.45) is 2.23. The van der Waals surface area contributed by atoms with Gasteiger partial charge in [0.1, 0.15) is 0 Å². The quantitative estimate of drug-likeness (QED) is 0.653. The maximum atomic E-state index is 3.34. The zero-order valence-corrected chi connectivity index (χ0v) is 7.62. The predicted octanol–water partition coefficient (Wildman–Crippen LogP) is 1.82. The highest BCUT2D eigenvalue weighted by Crippen LogP contribution is 2.30. The minimum atomic E-state index is 0.603. The van der Waals surface area contributed by atoms with Gasteiger partial charge in [0.25, 0.3) is 0 Å². The summed E-state index contributed by atoms with van der Waals surface area (Å²) in [7, 11) is 2.11. The number of nitrogens with zero attached hydrogens (tertiary/aromatic N) is 1. The molecule has 13 heavy (non-hydrogen) atoms. The molecule has 2 heteroatoms. The van der Waals surface area contributed by atoms with Gasteiger partial charge in [0.05, 0.1) is 0 Å². The van der Waals surface area contributed by atoms with Crippen LogP contribution in [0.15, 0.2) is 30.5 Å². The van der Waals surface area contributed by atoms with E-state index >= 15 is 0 Å². The second-order valence-corrected chi connectivity index (χ2v) is 3.67. The fourth-order valence-electron chi connectivity index (χ4n) is 1.93. The van der Waals surface area contributed by atoms with Crippen LogP contribution < -0.4 is 5.32 Å². The van der Waals surface area contributed by atoms with Crippen molar-refractivity contribution in [3.05, 3.63) is 36.0 Å². The molecule has 1 aliphatic heterocycles. The maximum absolute atomic E-state index is 3.34. The van der Waals surface area contributed by atoms with Gasteiger partial charge in [0.15, 0.2) is 0 Å². The van der Waals surface area contributed by atoms with Gasteiger partial charge in [-0.25, -0.2) is 0 Å². The van der Waals surface area contributed by atoms with Crippen LogP contribution in [-0.2, 0) is 7.05 Å². The van der Waals surface area contributed by atoms with Crippen molar-refractivity contribution in [2.75, 3.05) is 6.54 Å². The molecule has 0 saturated carbocycles. The Morgan fingerprint density at radius 3 is 2.92 bits per heavy atom. The van der Waals surface area contributed by atoms with Crippen LogP contribution in [0.1, 0.15) is 11.6 Å². The lowest BCUT2D eigenvalue weighted by Crippen LogP contribution is -1.82. The number of benzene rings is 1. The summed E-state index contributed by atoms with van der Waals surface area (Å²) in [6, 6.07) is 9.16. The summed E-state index contributed by atoms with van der Waals surface area (Å²) in [4.78, 5) is 0. The second kappa shape index (κ2) is 2.36. The Hall–Kier alpha value is -1.28. The first kappa shape index (κ1) is 7.15. The molecular formula is C11H12N2. The predicted molar refractivity (Wildman–Crippen MR) is 53.7 cm³/mol. The minimum absolute atomic E-state index is 0.603. The van der Waals surface area contributed by atoms with Gasteiger partial charge in [0.2, 0.25) is 0 Å². The molecule has 1 saturated heterocycles. The van der Waals surface area contributed by atoms with Gasteiger partial charge in [0, 0.05) is 36.7 Å². The number of rotatable bonds is 1. The van der Waals surface area contributed by atoms with Gasteiger partial charge in [-0.1, -0.05) is 18.2 Å². The molecule has 2 nitrogen and oxygen atoms in total. The van der Waals surface area contributed by atoms with Crippen LogP contribution in [-0.4, -0.2) is 11.1 Å². The molecule has 1 atom stereocenters. The van der Waals surface area contributed by atoms with Gasteiger partial charge in [-0.3, -0.25) is 0 Å². The minimum Gasteiger partial charge on any atom is -0.350 e. The van der Waals surface area contributed by atoms with Crippen molar-refractivity contribution in [3.8, 4) is 0 Å². The first-order chi connectivity index (χ1) is 6.36. The number of nitrogens with one attached hydrogen (secondary N) is 1. The van der Waals surface area contributed by atoms with Crippen molar-refractivity contribution >= 4 is 10.9 Å². The molecule has 1 N–H and O–H groups in total. The maximum Gasteiger partial charge on any atom is 0.0481 e. The van der Waals surface area contributed by atoms with E-state index < -0.39 is 0 Å². The SMILES string of the molecule is Cn1cc(C2CN2)c2ccccc21. The highest BCUT2D eigenvalue weighted by molar-refractivity contribution is 5.84. The molecule has 1 aromatic carbocycles. The third-order valence-corrected chi connectivity index (χ3v) is 2.71. The Balaban J connectivity index is 2.34. The van der Waals surface area contributed by atoms with Crippen molar-refractivity contribution in [3.63, 3.8) is 0 Å². The lowest BCUT2D eigenvalue weighted by Gasteiger charge is -1.93. The molecule has 2 heterocycles. The number of hydrogen-bond acceptors (Lipinski definition) is 1. The number of aryl methyl sites for hydroxylation is 1. The van der Waals surface area contributed by atoms with Gasteiger partial charge in [-0.2, -0.15) is 0 Å². The normalized spacial score (nSPS) is 20.8. The largest absolute Gasteiger partial charge is 0.350 e. The molecule has 66 valence electrons. The molecule has 2 aromatic rings. The van der Waals surface area contributed by atoms with Crippen LogP contribution in [0.4, 0.5) is 0 Å². The average molecular weight is 172 g/mol. The van der Waals surface area contributed by atoms with Gasteiger partial charge >= 0.3 is 0 Å². The first-order valence-corrected chi connectivity index (χ1v) is 4.63. The summed E-state index contributed by atoms with van der Waals surface area (Å²) in [5.74, 6) is 0. The monoisotopic (exact) mass is 172 g/mol. The van der Waals surface area contributed by atoms with Gasteiger partial charge < -0.3 is 9.88 Å². The van der Waals surface area contributed by atoms with Crippen molar-refractivity contribution < 1.29 is 0 Å². The Morgan fingerprint density at radius 1 is 1.38 bits per heavy atom. The van der Waals surface area contributed by atoms with E-state index in [1.807, 2.05) is 0 Å². The van der Waals surface area contributed by atoms with Crippen molar-refractivity contribution in [2.45, 2.75) is 6.04 Å².